The van der Waals surface area contributed by atoms with Gasteiger partial charge in [0, 0.05) is 19.0 Å². The standard InChI is InChI=1S/C11H21N3O2S2/c1-5-12-6-9(2)18(15,16)14(4)7-11-8-17-10(3)13-11/h8-9,12H,5-7H2,1-4H3. The van der Waals surface area contributed by atoms with E-state index in [-0.39, 0.29) is 0 Å². The number of aromatic nitrogens is 1. The fourth-order valence-corrected chi connectivity index (χ4v) is 3.42. The lowest BCUT2D eigenvalue weighted by atomic mass is 10.5. The van der Waals surface area contributed by atoms with Crippen LogP contribution in [0.15, 0.2) is 5.38 Å². The maximum absolute atomic E-state index is 12.2. The van der Waals surface area contributed by atoms with E-state index >= 15 is 0 Å². The van der Waals surface area contributed by atoms with Gasteiger partial charge in [-0.05, 0) is 20.4 Å². The third-order valence-electron chi connectivity index (χ3n) is 2.68. The quantitative estimate of drug-likeness (QED) is 0.820. The Morgan fingerprint density at radius 2 is 2.22 bits per heavy atom. The lowest BCUT2D eigenvalue weighted by Gasteiger charge is -2.21. The van der Waals surface area contributed by atoms with Gasteiger partial charge in [0.15, 0.2) is 0 Å². The fraction of sp³-hybridized carbons (Fsp3) is 0.727. The van der Waals surface area contributed by atoms with Crippen LogP contribution in [0.25, 0.3) is 0 Å². The van der Waals surface area contributed by atoms with E-state index in [9.17, 15) is 8.42 Å². The van der Waals surface area contributed by atoms with Crippen molar-refractivity contribution in [3.05, 3.63) is 16.1 Å². The highest BCUT2D eigenvalue weighted by atomic mass is 32.2. The second-order valence-electron chi connectivity index (χ2n) is 4.28. The number of thiazole rings is 1. The summed E-state index contributed by atoms with van der Waals surface area (Å²) in [5.41, 5.74) is 0.805. The third kappa shape index (κ3) is 4.01. The molecule has 1 heterocycles. The van der Waals surface area contributed by atoms with E-state index in [2.05, 4.69) is 10.3 Å². The summed E-state index contributed by atoms with van der Waals surface area (Å²) in [5.74, 6) is 0. The van der Waals surface area contributed by atoms with E-state index in [1.165, 1.54) is 15.6 Å². The lowest BCUT2D eigenvalue weighted by molar-refractivity contribution is 0.450. The van der Waals surface area contributed by atoms with E-state index in [4.69, 9.17) is 0 Å². The van der Waals surface area contributed by atoms with Crippen molar-refractivity contribution >= 4 is 21.4 Å². The van der Waals surface area contributed by atoms with Gasteiger partial charge in [0.05, 0.1) is 22.5 Å². The van der Waals surface area contributed by atoms with Crippen LogP contribution in [0, 0.1) is 6.92 Å². The van der Waals surface area contributed by atoms with Gasteiger partial charge in [0.2, 0.25) is 10.0 Å². The molecular formula is C11H21N3O2S2. The molecule has 0 amide bonds. The summed E-state index contributed by atoms with van der Waals surface area (Å²) in [5, 5.41) is 5.48. The van der Waals surface area contributed by atoms with Gasteiger partial charge in [-0.3, -0.25) is 0 Å². The van der Waals surface area contributed by atoms with E-state index in [0.717, 1.165) is 17.2 Å². The Labute approximate surface area is 113 Å². The molecule has 0 aliphatic carbocycles. The monoisotopic (exact) mass is 291 g/mol. The number of nitrogens with one attached hydrogen (secondary N) is 1. The SMILES string of the molecule is CCNCC(C)S(=O)(=O)N(C)Cc1csc(C)n1. The Morgan fingerprint density at radius 1 is 1.56 bits per heavy atom. The Hall–Kier alpha value is -0.500. The van der Waals surface area contributed by atoms with Crippen molar-refractivity contribution in [2.75, 3.05) is 20.1 Å². The summed E-state index contributed by atoms with van der Waals surface area (Å²) in [6.07, 6.45) is 0. The Balaban J connectivity index is 2.66. The highest BCUT2D eigenvalue weighted by Crippen LogP contribution is 2.14. The molecule has 1 aromatic heterocycles. The molecule has 5 nitrogen and oxygen atoms in total. The summed E-state index contributed by atoms with van der Waals surface area (Å²) in [7, 11) is -1.66. The average Bonchev–Trinajstić information content (AvgIpc) is 2.71. The largest absolute Gasteiger partial charge is 0.316 e. The summed E-state index contributed by atoms with van der Waals surface area (Å²) >= 11 is 1.53. The van der Waals surface area contributed by atoms with Gasteiger partial charge in [-0.15, -0.1) is 11.3 Å². The lowest BCUT2D eigenvalue weighted by Crippen LogP contribution is -2.39. The maximum Gasteiger partial charge on any atom is 0.218 e. The molecule has 1 atom stereocenters. The first kappa shape index (κ1) is 15.6. The number of rotatable bonds is 7. The molecule has 1 N–H and O–H groups in total. The number of nitrogens with zero attached hydrogens (tertiary/aromatic N) is 2. The van der Waals surface area contributed by atoms with Crippen LogP contribution in [0.4, 0.5) is 0 Å². The summed E-state index contributed by atoms with van der Waals surface area (Å²) in [6, 6.07) is 0. The zero-order chi connectivity index (χ0) is 13.8. The number of hydrogen-bond donors (Lipinski definition) is 1. The Bertz CT molecular complexity index is 470. The maximum atomic E-state index is 12.2. The van der Waals surface area contributed by atoms with E-state index < -0.39 is 15.3 Å². The molecule has 1 unspecified atom stereocenters. The zero-order valence-corrected chi connectivity index (χ0v) is 12.9. The molecule has 0 fully saturated rings. The predicted octanol–water partition coefficient (Wildman–Crippen LogP) is 1.21. The highest BCUT2D eigenvalue weighted by molar-refractivity contribution is 7.89. The van der Waals surface area contributed by atoms with Gasteiger partial charge in [-0.25, -0.2) is 13.4 Å². The molecule has 18 heavy (non-hydrogen) atoms. The molecule has 0 bridgehead atoms. The van der Waals surface area contributed by atoms with Gasteiger partial charge in [0.25, 0.3) is 0 Å². The molecule has 1 rings (SSSR count). The van der Waals surface area contributed by atoms with Crippen LogP contribution in [0.3, 0.4) is 0 Å². The number of aryl methyl sites for hydroxylation is 1. The topological polar surface area (TPSA) is 62.3 Å². The summed E-state index contributed by atoms with van der Waals surface area (Å²) < 4.78 is 25.8. The normalized spacial score (nSPS) is 14.1. The van der Waals surface area contributed by atoms with Crippen molar-refractivity contribution in [3.63, 3.8) is 0 Å². The molecule has 0 saturated heterocycles. The van der Waals surface area contributed by atoms with Crippen LogP contribution >= 0.6 is 11.3 Å². The molecule has 7 heteroatoms. The predicted molar refractivity (Wildman–Crippen MR) is 75.2 cm³/mol. The van der Waals surface area contributed by atoms with Crippen molar-refractivity contribution in [2.24, 2.45) is 0 Å². The van der Waals surface area contributed by atoms with Crippen LogP contribution in [0.2, 0.25) is 0 Å². The van der Waals surface area contributed by atoms with Crippen LogP contribution in [-0.4, -0.2) is 43.1 Å². The van der Waals surface area contributed by atoms with Gasteiger partial charge in [-0.2, -0.15) is 4.31 Å². The molecule has 0 saturated carbocycles. The minimum Gasteiger partial charge on any atom is -0.316 e. The van der Waals surface area contributed by atoms with Gasteiger partial charge in [-0.1, -0.05) is 6.92 Å². The number of hydrogen-bond acceptors (Lipinski definition) is 5. The first-order valence-corrected chi connectivity index (χ1v) is 8.33. The molecule has 0 aliphatic rings. The van der Waals surface area contributed by atoms with Crippen molar-refractivity contribution in [2.45, 2.75) is 32.6 Å². The van der Waals surface area contributed by atoms with Crippen LogP contribution in [-0.2, 0) is 16.6 Å². The molecule has 0 aromatic carbocycles. The molecule has 1 aromatic rings. The molecule has 0 radical (unpaired) electrons. The van der Waals surface area contributed by atoms with E-state index in [0.29, 0.717) is 13.1 Å². The van der Waals surface area contributed by atoms with E-state index in [1.807, 2.05) is 19.2 Å². The van der Waals surface area contributed by atoms with Crippen molar-refractivity contribution in [1.29, 1.82) is 0 Å². The Kier molecular flexibility index (Phi) is 5.71. The minimum atomic E-state index is -3.26. The smallest absolute Gasteiger partial charge is 0.218 e. The van der Waals surface area contributed by atoms with Gasteiger partial charge in [0.1, 0.15) is 0 Å². The zero-order valence-electron chi connectivity index (χ0n) is 11.3. The first-order chi connectivity index (χ1) is 8.37. The van der Waals surface area contributed by atoms with Crippen molar-refractivity contribution in [3.8, 4) is 0 Å². The van der Waals surface area contributed by atoms with Crippen molar-refractivity contribution in [1.82, 2.24) is 14.6 Å². The van der Waals surface area contributed by atoms with Gasteiger partial charge < -0.3 is 5.32 Å². The second kappa shape index (κ2) is 6.60. The first-order valence-electron chi connectivity index (χ1n) is 5.94. The van der Waals surface area contributed by atoms with Crippen LogP contribution in [0.1, 0.15) is 24.5 Å². The van der Waals surface area contributed by atoms with Crippen LogP contribution in [0.5, 0.6) is 0 Å². The highest BCUT2D eigenvalue weighted by Gasteiger charge is 2.25. The fourth-order valence-electron chi connectivity index (χ4n) is 1.56. The molecule has 104 valence electrons. The summed E-state index contributed by atoms with van der Waals surface area (Å²) in [4.78, 5) is 4.28. The summed E-state index contributed by atoms with van der Waals surface area (Å²) in [6.45, 7) is 7.18. The minimum absolute atomic E-state index is 0.336. The molecular weight excluding hydrogens is 270 g/mol. The van der Waals surface area contributed by atoms with Crippen molar-refractivity contribution < 1.29 is 8.42 Å². The third-order valence-corrected chi connectivity index (χ3v) is 5.68. The Morgan fingerprint density at radius 3 is 2.72 bits per heavy atom. The molecule has 0 aliphatic heterocycles. The van der Waals surface area contributed by atoms with Crippen LogP contribution < -0.4 is 5.32 Å². The molecule has 0 spiro atoms. The van der Waals surface area contributed by atoms with Gasteiger partial charge >= 0.3 is 0 Å². The average molecular weight is 291 g/mol. The second-order valence-corrected chi connectivity index (χ2v) is 7.80. The van der Waals surface area contributed by atoms with E-state index in [1.54, 1.807) is 14.0 Å². The number of sulfonamides is 1.